The topological polar surface area (TPSA) is 32.3 Å². The van der Waals surface area contributed by atoms with Crippen LogP contribution in [0.2, 0.25) is 0 Å². The van der Waals surface area contributed by atoms with Crippen LogP contribution in [0.4, 0.5) is 0 Å². The zero-order chi connectivity index (χ0) is 14.4. The molecule has 0 atom stereocenters. The van der Waals surface area contributed by atoms with Gasteiger partial charge in [-0.05, 0) is 49.8 Å². The Hall–Kier alpha value is -1.35. The molecule has 0 unspecified atom stereocenters. The van der Waals surface area contributed by atoms with Gasteiger partial charge in [-0.1, -0.05) is 18.2 Å². The fourth-order valence-corrected chi connectivity index (χ4v) is 2.64. The average molecular weight is 274 g/mol. The van der Waals surface area contributed by atoms with E-state index >= 15 is 0 Å². The van der Waals surface area contributed by atoms with Gasteiger partial charge in [0.15, 0.2) is 0 Å². The Morgan fingerprint density at radius 3 is 2.60 bits per heavy atom. The molecule has 1 heterocycles. The second-order valence-corrected chi connectivity index (χ2v) is 5.79. The van der Waals surface area contributed by atoms with Gasteiger partial charge in [0.25, 0.3) is 0 Å². The second-order valence-electron chi connectivity index (χ2n) is 5.79. The van der Waals surface area contributed by atoms with E-state index in [0.717, 1.165) is 26.2 Å². The largest absolute Gasteiger partial charge is 0.343 e. The number of aryl methyl sites for hydroxylation is 2. The Morgan fingerprint density at radius 2 is 1.90 bits per heavy atom. The molecular weight excluding hydrogens is 248 g/mol. The number of nitrogens with zero attached hydrogens (tertiary/aromatic N) is 1. The Kier molecular flexibility index (Phi) is 5.60. The van der Waals surface area contributed by atoms with Crippen LogP contribution in [0.3, 0.4) is 0 Å². The number of piperidine rings is 1. The van der Waals surface area contributed by atoms with E-state index in [4.69, 9.17) is 0 Å². The number of nitrogens with one attached hydrogen (secondary N) is 1. The second kappa shape index (κ2) is 7.44. The Bertz CT molecular complexity index is 450. The first-order valence-corrected chi connectivity index (χ1v) is 7.71. The molecule has 0 aliphatic carbocycles. The summed E-state index contributed by atoms with van der Waals surface area (Å²) in [5.74, 6) is 0.303. The highest BCUT2D eigenvalue weighted by atomic mass is 16.2. The molecule has 0 bridgehead atoms. The predicted molar refractivity (Wildman–Crippen MR) is 82.7 cm³/mol. The van der Waals surface area contributed by atoms with Gasteiger partial charge in [-0.25, -0.2) is 0 Å². The van der Waals surface area contributed by atoms with Crippen molar-refractivity contribution in [1.82, 2.24) is 10.2 Å². The van der Waals surface area contributed by atoms with E-state index < -0.39 is 0 Å². The van der Waals surface area contributed by atoms with Crippen LogP contribution in [0.1, 0.15) is 42.4 Å². The molecule has 1 N–H and O–H groups in total. The van der Waals surface area contributed by atoms with E-state index in [1.807, 2.05) is 4.90 Å². The lowest BCUT2D eigenvalue weighted by Crippen LogP contribution is -2.37. The summed E-state index contributed by atoms with van der Waals surface area (Å²) >= 11 is 0. The van der Waals surface area contributed by atoms with Crippen molar-refractivity contribution in [2.24, 2.45) is 0 Å². The maximum Gasteiger partial charge on any atom is 0.223 e. The number of rotatable bonds is 5. The molecular formula is C17H26N2O. The molecule has 0 spiro atoms. The molecule has 1 aliphatic rings. The number of hydrogen-bond acceptors (Lipinski definition) is 2. The van der Waals surface area contributed by atoms with Crippen molar-refractivity contribution in [2.45, 2.75) is 46.1 Å². The summed E-state index contributed by atoms with van der Waals surface area (Å²) < 4.78 is 0. The van der Waals surface area contributed by atoms with Crippen molar-refractivity contribution in [3.63, 3.8) is 0 Å². The minimum absolute atomic E-state index is 0.303. The smallest absolute Gasteiger partial charge is 0.223 e. The molecule has 2 rings (SSSR count). The van der Waals surface area contributed by atoms with Crippen LogP contribution in [0, 0.1) is 13.8 Å². The van der Waals surface area contributed by atoms with Crippen molar-refractivity contribution in [1.29, 1.82) is 0 Å². The number of carbonyl (C=O) groups is 1. The minimum atomic E-state index is 0.303. The Balaban J connectivity index is 1.68. The molecule has 0 saturated carbocycles. The van der Waals surface area contributed by atoms with E-state index in [2.05, 4.69) is 37.4 Å². The number of carbonyl (C=O) groups excluding carboxylic acids is 1. The monoisotopic (exact) mass is 274 g/mol. The predicted octanol–water partition coefficient (Wildman–Crippen LogP) is 2.80. The lowest BCUT2D eigenvalue weighted by atomic mass is 10.1. The fourth-order valence-electron chi connectivity index (χ4n) is 2.64. The van der Waals surface area contributed by atoms with Crippen molar-refractivity contribution in [3.8, 4) is 0 Å². The van der Waals surface area contributed by atoms with Gasteiger partial charge in [0, 0.05) is 32.6 Å². The summed E-state index contributed by atoms with van der Waals surface area (Å²) in [6, 6.07) is 6.53. The maximum atomic E-state index is 12.0. The van der Waals surface area contributed by atoms with E-state index in [0.29, 0.717) is 12.3 Å². The van der Waals surface area contributed by atoms with Crippen LogP contribution < -0.4 is 5.32 Å². The summed E-state index contributed by atoms with van der Waals surface area (Å²) in [4.78, 5) is 14.0. The van der Waals surface area contributed by atoms with Crippen molar-refractivity contribution in [2.75, 3.05) is 19.6 Å². The molecule has 3 nitrogen and oxygen atoms in total. The molecule has 20 heavy (non-hydrogen) atoms. The van der Waals surface area contributed by atoms with Gasteiger partial charge in [0.2, 0.25) is 5.91 Å². The Labute approximate surface area is 122 Å². The lowest BCUT2D eigenvalue weighted by Gasteiger charge is -2.26. The fraction of sp³-hybridized carbons (Fsp3) is 0.588. The first-order chi connectivity index (χ1) is 9.66. The third kappa shape index (κ3) is 4.34. The quantitative estimate of drug-likeness (QED) is 0.837. The Morgan fingerprint density at radius 1 is 1.15 bits per heavy atom. The van der Waals surface area contributed by atoms with Gasteiger partial charge in [-0.3, -0.25) is 4.79 Å². The SMILES string of the molecule is Cc1ccc(CNCCC(=O)N2CCCCC2)cc1C. The standard InChI is InChI=1S/C17H26N2O/c1-14-6-7-16(12-15(14)2)13-18-9-8-17(20)19-10-4-3-5-11-19/h6-7,12,18H,3-5,8-11,13H2,1-2H3. The van der Waals surface area contributed by atoms with Crippen LogP contribution in [-0.2, 0) is 11.3 Å². The summed E-state index contributed by atoms with van der Waals surface area (Å²) in [5, 5.41) is 3.37. The van der Waals surface area contributed by atoms with Crippen LogP contribution in [0.15, 0.2) is 18.2 Å². The zero-order valence-electron chi connectivity index (χ0n) is 12.7. The lowest BCUT2D eigenvalue weighted by molar-refractivity contribution is -0.131. The molecule has 1 fully saturated rings. The van der Waals surface area contributed by atoms with Crippen molar-refractivity contribution >= 4 is 5.91 Å². The summed E-state index contributed by atoms with van der Waals surface area (Å²) in [6.07, 6.45) is 4.23. The van der Waals surface area contributed by atoms with E-state index in [1.165, 1.54) is 36.0 Å². The maximum absolute atomic E-state index is 12.0. The van der Waals surface area contributed by atoms with Gasteiger partial charge in [0.1, 0.15) is 0 Å². The van der Waals surface area contributed by atoms with Gasteiger partial charge in [-0.2, -0.15) is 0 Å². The van der Waals surface area contributed by atoms with Crippen molar-refractivity contribution < 1.29 is 4.79 Å². The van der Waals surface area contributed by atoms with E-state index in [9.17, 15) is 4.79 Å². The highest BCUT2D eigenvalue weighted by Gasteiger charge is 2.15. The first kappa shape index (κ1) is 15.0. The molecule has 3 heteroatoms. The van der Waals surface area contributed by atoms with Crippen molar-refractivity contribution in [3.05, 3.63) is 34.9 Å². The van der Waals surface area contributed by atoms with Gasteiger partial charge in [-0.15, -0.1) is 0 Å². The number of benzene rings is 1. The van der Waals surface area contributed by atoms with Gasteiger partial charge < -0.3 is 10.2 Å². The molecule has 1 aliphatic heterocycles. The van der Waals surface area contributed by atoms with Crippen LogP contribution in [0.25, 0.3) is 0 Å². The van der Waals surface area contributed by atoms with Gasteiger partial charge in [0.05, 0.1) is 0 Å². The van der Waals surface area contributed by atoms with Crippen LogP contribution >= 0.6 is 0 Å². The molecule has 110 valence electrons. The normalized spacial score (nSPS) is 15.4. The third-order valence-electron chi connectivity index (χ3n) is 4.12. The molecule has 0 aromatic heterocycles. The first-order valence-electron chi connectivity index (χ1n) is 7.71. The molecule has 1 aromatic carbocycles. The average Bonchev–Trinajstić information content (AvgIpc) is 2.48. The zero-order valence-corrected chi connectivity index (χ0v) is 12.7. The summed E-state index contributed by atoms with van der Waals surface area (Å²) in [7, 11) is 0. The van der Waals surface area contributed by atoms with Crippen LogP contribution in [-0.4, -0.2) is 30.4 Å². The highest BCUT2D eigenvalue weighted by Crippen LogP contribution is 2.10. The van der Waals surface area contributed by atoms with Gasteiger partial charge >= 0.3 is 0 Å². The third-order valence-corrected chi connectivity index (χ3v) is 4.12. The molecule has 1 amide bonds. The molecule has 1 saturated heterocycles. The van der Waals surface area contributed by atoms with E-state index in [1.54, 1.807) is 0 Å². The highest BCUT2D eigenvalue weighted by molar-refractivity contribution is 5.76. The molecule has 1 aromatic rings. The number of amides is 1. The van der Waals surface area contributed by atoms with E-state index in [-0.39, 0.29) is 0 Å². The summed E-state index contributed by atoms with van der Waals surface area (Å²) in [6.45, 7) is 7.78. The summed E-state index contributed by atoms with van der Waals surface area (Å²) in [5.41, 5.74) is 3.95. The van der Waals surface area contributed by atoms with Crippen LogP contribution in [0.5, 0.6) is 0 Å². The number of likely N-dealkylation sites (tertiary alicyclic amines) is 1. The number of hydrogen-bond donors (Lipinski definition) is 1. The minimum Gasteiger partial charge on any atom is -0.343 e. The molecule has 0 radical (unpaired) electrons.